The lowest BCUT2D eigenvalue weighted by molar-refractivity contribution is -0.134. The molecule has 5 rings (SSSR count). The van der Waals surface area contributed by atoms with Gasteiger partial charge >= 0.3 is 11.7 Å². The van der Waals surface area contributed by atoms with Crippen molar-refractivity contribution >= 4 is 28.9 Å². The lowest BCUT2D eigenvalue weighted by Crippen LogP contribution is -2.44. The topological polar surface area (TPSA) is 108 Å². The number of nitrogens with one attached hydrogen (secondary N) is 2. The molecule has 4 amide bonds. The lowest BCUT2D eigenvalue weighted by Gasteiger charge is -2.33. The number of carbonyl (C=O) groups excluding carboxylic acids is 3. The third-order valence-electron chi connectivity index (χ3n) is 7.06. The number of H-pyrrole nitrogens is 1. The highest BCUT2D eigenvalue weighted by molar-refractivity contribution is 6.07. The van der Waals surface area contributed by atoms with Gasteiger partial charge in [-0.25, -0.2) is 9.59 Å². The number of likely N-dealkylation sites (tertiary alicyclic amines) is 1. The molecule has 0 atom stereocenters. The van der Waals surface area contributed by atoms with E-state index in [2.05, 4.69) is 10.3 Å². The number of hydrogen-bond donors (Lipinski definition) is 2. The third-order valence-corrected chi connectivity index (χ3v) is 7.06. The molecule has 1 aromatic heterocycles. The van der Waals surface area contributed by atoms with E-state index in [1.54, 1.807) is 9.47 Å². The van der Waals surface area contributed by atoms with E-state index in [4.69, 9.17) is 0 Å². The summed E-state index contributed by atoms with van der Waals surface area (Å²) in [5.74, 6) is -0.238. The molecule has 9 heteroatoms. The second kappa shape index (κ2) is 7.55. The van der Waals surface area contributed by atoms with Gasteiger partial charge in [0.2, 0.25) is 5.91 Å². The summed E-state index contributed by atoms with van der Waals surface area (Å²) in [7, 11) is 0. The van der Waals surface area contributed by atoms with E-state index in [1.807, 2.05) is 24.3 Å². The average Bonchev–Trinajstić information content (AvgIpc) is 3.43. The number of piperidine rings is 1. The largest absolute Gasteiger partial charge is 0.342 e. The zero-order valence-electron chi connectivity index (χ0n) is 17.4. The summed E-state index contributed by atoms with van der Waals surface area (Å²) in [6, 6.07) is 7.29. The van der Waals surface area contributed by atoms with Crippen LogP contribution in [0.3, 0.4) is 0 Å². The van der Waals surface area contributed by atoms with E-state index < -0.39 is 5.54 Å². The SMILES string of the molecule is O=C(CCN1C(=O)NC2(CCCC2)C1=O)N1CCC(n2c(=O)[nH]c3ccccc32)CC1. The van der Waals surface area contributed by atoms with Gasteiger partial charge < -0.3 is 15.2 Å². The summed E-state index contributed by atoms with van der Waals surface area (Å²) in [5.41, 5.74) is 0.854. The molecule has 1 spiro atoms. The lowest BCUT2D eigenvalue weighted by atomic mass is 9.98. The first kappa shape index (κ1) is 19.8. The summed E-state index contributed by atoms with van der Waals surface area (Å²) in [6.07, 6.45) is 4.76. The first-order valence-electron chi connectivity index (χ1n) is 11.1. The van der Waals surface area contributed by atoms with Crippen LogP contribution in [0.4, 0.5) is 4.79 Å². The van der Waals surface area contributed by atoms with Gasteiger partial charge in [-0.1, -0.05) is 25.0 Å². The number of rotatable bonds is 4. The molecule has 31 heavy (non-hydrogen) atoms. The maximum Gasteiger partial charge on any atom is 0.326 e. The van der Waals surface area contributed by atoms with Gasteiger partial charge in [-0.3, -0.25) is 19.1 Å². The minimum absolute atomic E-state index is 0.0425. The van der Waals surface area contributed by atoms with Crippen LogP contribution < -0.4 is 11.0 Å². The van der Waals surface area contributed by atoms with Crippen LogP contribution in [0.25, 0.3) is 11.0 Å². The maximum absolute atomic E-state index is 12.7. The fraction of sp³-hybridized carbons (Fsp3) is 0.545. The molecule has 0 unspecified atom stereocenters. The van der Waals surface area contributed by atoms with Crippen molar-refractivity contribution in [3.05, 3.63) is 34.7 Å². The Labute approximate surface area is 179 Å². The molecule has 0 bridgehead atoms. The number of nitrogens with zero attached hydrogens (tertiary/aromatic N) is 3. The van der Waals surface area contributed by atoms with Crippen molar-refractivity contribution < 1.29 is 14.4 Å². The second-order valence-electron chi connectivity index (χ2n) is 8.86. The summed E-state index contributed by atoms with van der Waals surface area (Å²) < 4.78 is 1.80. The highest BCUT2D eigenvalue weighted by Gasteiger charge is 2.52. The van der Waals surface area contributed by atoms with Crippen LogP contribution >= 0.6 is 0 Å². The van der Waals surface area contributed by atoms with Gasteiger partial charge in [0.25, 0.3) is 5.91 Å². The van der Waals surface area contributed by atoms with E-state index >= 15 is 0 Å². The predicted octanol–water partition coefficient (Wildman–Crippen LogP) is 1.75. The Kier molecular flexibility index (Phi) is 4.83. The fourth-order valence-electron chi connectivity index (χ4n) is 5.37. The number of carbonyl (C=O) groups is 3. The zero-order chi connectivity index (χ0) is 21.6. The summed E-state index contributed by atoms with van der Waals surface area (Å²) >= 11 is 0. The molecule has 0 radical (unpaired) electrons. The van der Waals surface area contributed by atoms with Gasteiger partial charge in [0.05, 0.1) is 11.0 Å². The smallest absolute Gasteiger partial charge is 0.326 e. The van der Waals surface area contributed by atoms with E-state index in [0.29, 0.717) is 38.8 Å². The molecule has 2 aromatic rings. The van der Waals surface area contributed by atoms with Crippen LogP contribution in [-0.2, 0) is 9.59 Å². The molecule has 1 saturated carbocycles. The van der Waals surface area contributed by atoms with Crippen molar-refractivity contribution in [3.63, 3.8) is 0 Å². The van der Waals surface area contributed by atoms with E-state index in [1.165, 1.54) is 4.90 Å². The van der Waals surface area contributed by atoms with Gasteiger partial charge in [-0.05, 0) is 37.8 Å². The highest BCUT2D eigenvalue weighted by atomic mass is 16.2. The summed E-state index contributed by atoms with van der Waals surface area (Å²) in [5, 5.41) is 2.85. The second-order valence-corrected chi connectivity index (χ2v) is 8.86. The fourth-order valence-corrected chi connectivity index (χ4v) is 5.37. The van der Waals surface area contributed by atoms with Crippen LogP contribution in [0.2, 0.25) is 0 Å². The molecule has 2 N–H and O–H groups in total. The number of urea groups is 1. The number of benzene rings is 1. The Hall–Kier alpha value is -3.10. The minimum atomic E-state index is -0.731. The Bertz CT molecular complexity index is 1090. The van der Waals surface area contributed by atoms with Crippen LogP contribution in [0.1, 0.15) is 51.0 Å². The van der Waals surface area contributed by atoms with E-state index in [0.717, 1.165) is 23.9 Å². The van der Waals surface area contributed by atoms with Gasteiger partial charge in [0, 0.05) is 32.1 Å². The van der Waals surface area contributed by atoms with Crippen molar-refractivity contribution in [2.45, 2.75) is 56.5 Å². The Morgan fingerprint density at radius 2 is 1.77 bits per heavy atom. The number of para-hydroxylation sites is 2. The van der Waals surface area contributed by atoms with Gasteiger partial charge in [0.15, 0.2) is 0 Å². The standard InChI is InChI=1S/C22H27N5O4/c28-18(9-14-26-19(29)22(24-21(26)31)10-3-4-11-22)25-12-7-15(8-13-25)27-17-6-2-1-5-16(17)23-20(27)30/h1-2,5-6,15H,3-4,7-14H2,(H,23,30)(H,24,31). The first-order chi connectivity index (χ1) is 15.0. The molecule has 1 aliphatic carbocycles. The van der Waals surface area contributed by atoms with Crippen LogP contribution in [0.15, 0.2) is 29.1 Å². The molecule has 3 fully saturated rings. The van der Waals surface area contributed by atoms with Crippen LogP contribution in [-0.4, -0.2) is 62.4 Å². The van der Waals surface area contributed by atoms with Crippen molar-refractivity contribution in [3.8, 4) is 0 Å². The Morgan fingerprint density at radius 1 is 1.06 bits per heavy atom. The van der Waals surface area contributed by atoms with Crippen molar-refractivity contribution in [2.75, 3.05) is 19.6 Å². The highest BCUT2D eigenvalue weighted by Crippen LogP contribution is 2.35. The Morgan fingerprint density at radius 3 is 2.52 bits per heavy atom. The number of aromatic amines is 1. The van der Waals surface area contributed by atoms with Crippen molar-refractivity contribution in [1.29, 1.82) is 0 Å². The summed E-state index contributed by atoms with van der Waals surface area (Å²) in [4.78, 5) is 56.0. The maximum atomic E-state index is 12.7. The van der Waals surface area contributed by atoms with Crippen LogP contribution in [0.5, 0.6) is 0 Å². The number of imide groups is 1. The average molecular weight is 425 g/mol. The minimum Gasteiger partial charge on any atom is -0.342 e. The molecule has 3 aliphatic rings. The first-order valence-corrected chi connectivity index (χ1v) is 11.1. The van der Waals surface area contributed by atoms with E-state index in [9.17, 15) is 19.2 Å². The number of aromatic nitrogens is 2. The molecule has 2 aliphatic heterocycles. The number of imidazole rings is 1. The van der Waals surface area contributed by atoms with E-state index in [-0.39, 0.29) is 42.5 Å². The molecule has 1 aromatic carbocycles. The zero-order valence-corrected chi connectivity index (χ0v) is 17.4. The molecule has 3 heterocycles. The van der Waals surface area contributed by atoms with Gasteiger partial charge in [-0.15, -0.1) is 0 Å². The Balaban J connectivity index is 1.18. The quantitative estimate of drug-likeness (QED) is 0.728. The molecular formula is C22H27N5O4. The number of fused-ring (bicyclic) bond motifs is 1. The number of amides is 4. The third kappa shape index (κ3) is 3.32. The monoisotopic (exact) mass is 425 g/mol. The van der Waals surface area contributed by atoms with Gasteiger partial charge in [-0.2, -0.15) is 0 Å². The van der Waals surface area contributed by atoms with Crippen molar-refractivity contribution in [1.82, 2.24) is 24.7 Å². The van der Waals surface area contributed by atoms with Crippen molar-refractivity contribution in [2.24, 2.45) is 0 Å². The van der Waals surface area contributed by atoms with Gasteiger partial charge in [0.1, 0.15) is 5.54 Å². The molecule has 2 saturated heterocycles. The molecule has 164 valence electrons. The number of hydrogen-bond acceptors (Lipinski definition) is 4. The summed E-state index contributed by atoms with van der Waals surface area (Å²) in [6.45, 7) is 1.23. The van der Waals surface area contributed by atoms with Crippen LogP contribution in [0, 0.1) is 0 Å². The predicted molar refractivity (Wildman–Crippen MR) is 113 cm³/mol. The molecular weight excluding hydrogens is 398 g/mol. The normalized spacial score (nSPS) is 21.4. The molecule has 9 nitrogen and oxygen atoms in total.